The second-order valence-corrected chi connectivity index (χ2v) is 3.94. The molecule has 2 N–H and O–H groups in total. The number of aromatic nitrogens is 2. The van der Waals surface area contributed by atoms with Crippen LogP contribution in [-0.2, 0) is 0 Å². The molecule has 2 aromatic rings. The SMILES string of the molecule is Cc1nccn1-c1c(F)cc(C(N)=S)cc1F. The Hall–Kier alpha value is -1.82. The predicted octanol–water partition coefficient (Wildman–Crippen LogP) is 2.09. The molecule has 1 heterocycles. The first-order chi connectivity index (χ1) is 8.00. The normalized spacial score (nSPS) is 10.5. The number of halogens is 2. The minimum Gasteiger partial charge on any atom is -0.389 e. The van der Waals surface area contributed by atoms with E-state index in [1.165, 1.54) is 17.0 Å². The lowest BCUT2D eigenvalue weighted by Gasteiger charge is -2.09. The van der Waals surface area contributed by atoms with Gasteiger partial charge < -0.3 is 5.73 Å². The van der Waals surface area contributed by atoms with Gasteiger partial charge in [0.15, 0.2) is 11.6 Å². The van der Waals surface area contributed by atoms with E-state index in [2.05, 4.69) is 17.2 Å². The summed E-state index contributed by atoms with van der Waals surface area (Å²) < 4.78 is 28.9. The van der Waals surface area contributed by atoms with Crippen LogP contribution in [0.25, 0.3) is 5.69 Å². The van der Waals surface area contributed by atoms with E-state index in [0.717, 1.165) is 12.1 Å². The first-order valence-electron chi connectivity index (χ1n) is 4.80. The molecule has 0 radical (unpaired) electrons. The second-order valence-electron chi connectivity index (χ2n) is 3.50. The van der Waals surface area contributed by atoms with Crippen molar-refractivity contribution in [1.29, 1.82) is 0 Å². The van der Waals surface area contributed by atoms with E-state index in [1.54, 1.807) is 6.92 Å². The summed E-state index contributed by atoms with van der Waals surface area (Å²) in [6, 6.07) is 2.22. The van der Waals surface area contributed by atoms with Gasteiger partial charge in [-0.2, -0.15) is 0 Å². The van der Waals surface area contributed by atoms with Crippen molar-refractivity contribution in [3.63, 3.8) is 0 Å². The Labute approximate surface area is 102 Å². The van der Waals surface area contributed by atoms with Crippen molar-refractivity contribution in [1.82, 2.24) is 9.55 Å². The van der Waals surface area contributed by atoms with Crippen LogP contribution in [-0.4, -0.2) is 14.5 Å². The molecule has 1 aromatic heterocycles. The minimum absolute atomic E-state index is 0.0447. The summed E-state index contributed by atoms with van der Waals surface area (Å²) in [5.74, 6) is -0.964. The van der Waals surface area contributed by atoms with Crippen LogP contribution in [0.1, 0.15) is 11.4 Å². The molecule has 0 spiro atoms. The largest absolute Gasteiger partial charge is 0.389 e. The van der Waals surface area contributed by atoms with Crippen LogP contribution in [0.15, 0.2) is 24.5 Å². The zero-order valence-corrected chi connectivity index (χ0v) is 9.76. The van der Waals surface area contributed by atoms with Crippen molar-refractivity contribution in [2.75, 3.05) is 0 Å². The summed E-state index contributed by atoms with van der Waals surface area (Å²) in [6.45, 7) is 1.65. The Morgan fingerprint density at radius 2 is 1.94 bits per heavy atom. The molecular weight excluding hydrogens is 244 g/mol. The number of nitrogens with zero attached hydrogens (tertiary/aromatic N) is 2. The molecule has 0 unspecified atom stereocenters. The molecule has 0 aliphatic heterocycles. The van der Waals surface area contributed by atoms with Gasteiger partial charge in [-0.25, -0.2) is 13.8 Å². The third kappa shape index (κ3) is 2.03. The van der Waals surface area contributed by atoms with Gasteiger partial charge in [0.2, 0.25) is 0 Å². The Kier molecular flexibility index (Phi) is 2.89. The Morgan fingerprint density at radius 1 is 1.35 bits per heavy atom. The summed E-state index contributed by atoms with van der Waals surface area (Å²) >= 11 is 4.68. The van der Waals surface area contributed by atoms with Crippen molar-refractivity contribution in [3.8, 4) is 5.69 Å². The van der Waals surface area contributed by atoms with E-state index in [1.807, 2.05) is 0 Å². The highest BCUT2D eigenvalue weighted by Crippen LogP contribution is 2.21. The van der Waals surface area contributed by atoms with Gasteiger partial charge in [-0.05, 0) is 19.1 Å². The highest BCUT2D eigenvalue weighted by molar-refractivity contribution is 7.80. The molecule has 2 rings (SSSR count). The Morgan fingerprint density at radius 3 is 2.35 bits per heavy atom. The number of benzene rings is 1. The van der Waals surface area contributed by atoms with Gasteiger partial charge in [0.1, 0.15) is 16.5 Å². The summed E-state index contributed by atoms with van der Waals surface area (Å²) in [5, 5.41) is 0. The van der Waals surface area contributed by atoms with Gasteiger partial charge in [-0.1, -0.05) is 12.2 Å². The van der Waals surface area contributed by atoms with Gasteiger partial charge in [0.05, 0.1) is 0 Å². The smallest absolute Gasteiger partial charge is 0.150 e. The molecule has 3 nitrogen and oxygen atoms in total. The molecule has 0 fully saturated rings. The topological polar surface area (TPSA) is 43.8 Å². The molecule has 0 saturated heterocycles. The number of aryl methyl sites for hydroxylation is 1. The lowest BCUT2D eigenvalue weighted by atomic mass is 10.2. The van der Waals surface area contributed by atoms with Crippen LogP contribution in [0.4, 0.5) is 8.78 Å². The molecule has 0 atom stereocenters. The van der Waals surface area contributed by atoms with Crippen LogP contribution >= 0.6 is 12.2 Å². The molecule has 0 aliphatic rings. The highest BCUT2D eigenvalue weighted by Gasteiger charge is 2.15. The maximum Gasteiger partial charge on any atom is 0.150 e. The van der Waals surface area contributed by atoms with Crippen LogP contribution in [0, 0.1) is 18.6 Å². The van der Waals surface area contributed by atoms with Crippen molar-refractivity contribution in [3.05, 3.63) is 47.5 Å². The monoisotopic (exact) mass is 253 g/mol. The fourth-order valence-electron chi connectivity index (χ4n) is 1.55. The van der Waals surface area contributed by atoms with Crippen molar-refractivity contribution < 1.29 is 8.78 Å². The van der Waals surface area contributed by atoms with E-state index in [-0.39, 0.29) is 16.2 Å². The first kappa shape index (κ1) is 11.7. The minimum atomic E-state index is -0.728. The Bertz CT molecular complexity index is 569. The van der Waals surface area contributed by atoms with Crippen molar-refractivity contribution >= 4 is 17.2 Å². The second kappa shape index (κ2) is 4.21. The maximum atomic E-state index is 13.8. The molecule has 0 saturated carbocycles. The molecule has 1 aromatic carbocycles. The number of hydrogen-bond acceptors (Lipinski definition) is 2. The maximum absolute atomic E-state index is 13.8. The van der Waals surface area contributed by atoms with Crippen LogP contribution in [0.3, 0.4) is 0 Å². The van der Waals surface area contributed by atoms with Gasteiger partial charge in [0, 0.05) is 18.0 Å². The number of imidazole rings is 1. The summed E-state index contributed by atoms with van der Waals surface area (Å²) in [5.41, 5.74) is 5.31. The molecular formula is C11H9F2N3S. The van der Waals surface area contributed by atoms with E-state index in [9.17, 15) is 8.78 Å². The number of hydrogen-bond donors (Lipinski definition) is 1. The average Bonchev–Trinajstić information content (AvgIpc) is 2.64. The van der Waals surface area contributed by atoms with Gasteiger partial charge >= 0.3 is 0 Å². The zero-order valence-electron chi connectivity index (χ0n) is 8.95. The molecule has 88 valence electrons. The lowest BCUT2D eigenvalue weighted by Crippen LogP contribution is -2.12. The van der Waals surface area contributed by atoms with Crippen molar-refractivity contribution in [2.45, 2.75) is 6.92 Å². The van der Waals surface area contributed by atoms with E-state index in [0.29, 0.717) is 5.82 Å². The zero-order chi connectivity index (χ0) is 12.6. The summed E-state index contributed by atoms with van der Waals surface area (Å²) in [4.78, 5) is 3.87. The molecule has 6 heteroatoms. The fourth-order valence-corrected chi connectivity index (χ4v) is 1.67. The van der Waals surface area contributed by atoms with E-state index >= 15 is 0 Å². The van der Waals surface area contributed by atoms with Crippen LogP contribution in [0.2, 0.25) is 0 Å². The summed E-state index contributed by atoms with van der Waals surface area (Å²) in [7, 11) is 0. The first-order valence-corrected chi connectivity index (χ1v) is 5.20. The fraction of sp³-hybridized carbons (Fsp3) is 0.0909. The highest BCUT2D eigenvalue weighted by atomic mass is 32.1. The summed E-state index contributed by atoms with van der Waals surface area (Å²) in [6.07, 6.45) is 2.95. The Balaban J connectivity index is 2.65. The molecule has 17 heavy (non-hydrogen) atoms. The third-order valence-electron chi connectivity index (χ3n) is 2.37. The molecule has 0 aliphatic carbocycles. The number of thiocarbonyl (C=S) groups is 1. The predicted molar refractivity (Wildman–Crippen MR) is 64.1 cm³/mol. The standard InChI is InChI=1S/C11H9F2N3S/c1-6-15-2-3-16(6)10-8(12)4-7(11(14)17)5-9(10)13/h2-5H,1H3,(H2,14,17). The quantitative estimate of drug-likeness (QED) is 0.833. The number of rotatable bonds is 2. The van der Waals surface area contributed by atoms with Gasteiger partial charge in [0.25, 0.3) is 0 Å². The number of nitrogens with two attached hydrogens (primary N) is 1. The average molecular weight is 253 g/mol. The van der Waals surface area contributed by atoms with Gasteiger partial charge in [-0.3, -0.25) is 4.57 Å². The molecule has 0 amide bonds. The van der Waals surface area contributed by atoms with Crippen LogP contribution in [0.5, 0.6) is 0 Å². The van der Waals surface area contributed by atoms with Crippen molar-refractivity contribution in [2.24, 2.45) is 5.73 Å². The van der Waals surface area contributed by atoms with Crippen LogP contribution < -0.4 is 5.73 Å². The molecule has 0 bridgehead atoms. The van der Waals surface area contributed by atoms with Gasteiger partial charge in [-0.15, -0.1) is 0 Å². The third-order valence-corrected chi connectivity index (χ3v) is 2.60. The van der Waals surface area contributed by atoms with E-state index < -0.39 is 11.6 Å². The lowest BCUT2D eigenvalue weighted by molar-refractivity contribution is 0.567. The van der Waals surface area contributed by atoms with E-state index in [4.69, 9.17) is 5.73 Å².